The molecule has 4 nitrogen and oxygen atoms in total. The molecule has 0 aromatic carbocycles. The highest BCUT2D eigenvalue weighted by Crippen LogP contribution is 2.06. The Balaban J connectivity index is 2.68. The molecular formula is C11H17N3O. The van der Waals surface area contributed by atoms with Crippen molar-refractivity contribution in [1.82, 2.24) is 14.8 Å². The zero-order valence-corrected chi connectivity index (χ0v) is 9.47. The molecular weight excluding hydrogens is 190 g/mol. The van der Waals surface area contributed by atoms with Gasteiger partial charge >= 0.3 is 0 Å². The molecule has 0 aliphatic heterocycles. The van der Waals surface area contributed by atoms with E-state index < -0.39 is 0 Å². The molecule has 0 aliphatic carbocycles. The van der Waals surface area contributed by atoms with Crippen LogP contribution in [0.2, 0.25) is 0 Å². The van der Waals surface area contributed by atoms with E-state index in [9.17, 15) is 4.79 Å². The van der Waals surface area contributed by atoms with E-state index in [-0.39, 0.29) is 11.8 Å². The van der Waals surface area contributed by atoms with Gasteiger partial charge in [-0.1, -0.05) is 13.0 Å². The van der Waals surface area contributed by atoms with Gasteiger partial charge in [-0.25, -0.2) is 9.67 Å². The van der Waals surface area contributed by atoms with E-state index in [2.05, 4.69) is 10.1 Å². The van der Waals surface area contributed by atoms with Crippen LogP contribution in [0.5, 0.6) is 0 Å². The molecule has 0 N–H and O–H groups in total. The van der Waals surface area contributed by atoms with Crippen LogP contribution in [-0.4, -0.2) is 20.5 Å². The summed E-state index contributed by atoms with van der Waals surface area (Å²) in [4.78, 5) is 15.6. The average Bonchev–Trinajstić information content (AvgIpc) is 2.62. The lowest BCUT2D eigenvalue weighted by atomic mass is 10.2. The van der Waals surface area contributed by atoms with Gasteiger partial charge in [0.2, 0.25) is 0 Å². The van der Waals surface area contributed by atoms with Crippen LogP contribution in [0.25, 0.3) is 0 Å². The highest BCUT2D eigenvalue weighted by molar-refractivity contribution is 5.90. The summed E-state index contributed by atoms with van der Waals surface area (Å²) in [7, 11) is 0. The Morgan fingerprint density at radius 1 is 1.60 bits per heavy atom. The third-order valence-corrected chi connectivity index (χ3v) is 2.01. The second-order valence-corrected chi connectivity index (χ2v) is 3.67. The Bertz CT molecular complexity index is 352. The van der Waals surface area contributed by atoms with Gasteiger partial charge in [0.05, 0.1) is 6.42 Å². The fourth-order valence-electron chi connectivity index (χ4n) is 1.30. The molecule has 4 heteroatoms. The third kappa shape index (κ3) is 3.31. The summed E-state index contributed by atoms with van der Waals surface area (Å²) in [5.74, 6) is 0.808. The van der Waals surface area contributed by atoms with E-state index >= 15 is 0 Å². The maximum atomic E-state index is 11.5. The molecule has 0 saturated carbocycles. The lowest BCUT2D eigenvalue weighted by Gasteiger charge is -2.07. The van der Waals surface area contributed by atoms with Crippen molar-refractivity contribution >= 4 is 5.78 Å². The summed E-state index contributed by atoms with van der Waals surface area (Å²) in [6.07, 6.45) is 6.17. The van der Waals surface area contributed by atoms with Gasteiger partial charge in [0.15, 0.2) is 5.78 Å². The van der Waals surface area contributed by atoms with Crippen LogP contribution in [0.3, 0.4) is 0 Å². The SMILES string of the molecule is CC/C=C/C(=O)Cc1ncnn1C(C)C. The van der Waals surface area contributed by atoms with E-state index in [1.165, 1.54) is 6.33 Å². The molecule has 0 bridgehead atoms. The number of rotatable bonds is 5. The first kappa shape index (κ1) is 11.6. The summed E-state index contributed by atoms with van der Waals surface area (Å²) in [6, 6.07) is 0.241. The van der Waals surface area contributed by atoms with Gasteiger partial charge < -0.3 is 0 Å². The van der Waals surface area contributed by atoms with Gasteiger partial charge in [-0.05, 0) is 26.3 Å². The van der Waals surface area contributed by atoms with Gasteiger partial charge in [0, 0.05) is 6.04 Å². The van der Waals surface area contributed by atoms with Gasteiger partial charge in [0.25, 0.3) is 0 Å². The lowest BCUT2D eigenvalue weighted by molar-refractivity contribution is -0.114. The smallest absolute Gasteiger partial charge is 0.162 e. The van der Waals surface area contributed by atoms with Crippen molar-refractivity contribution < 1.29 is 4.79 Å². The summed E-state index contributed by atoms with van der Waals surface area (Å²) < 4.78 is 1.78. The summed E-state index contributed by atoms with van der Waals surface area (Å²) in [5, 5.41) is 4.08. The standard InChI is InChI=1S/C11H17N3O/c1-4-5-6-10(15)7-11-12-8-13-14(11)9(2)3/h5-6,8-9H,4,7H2,1-3H3/b6-5+. The van der Waals surface area contributed by atoms with Crippen molar-refractivity contribution in [3.05, 3.63) is 24.3 Å². The summed E-state index contributed by atoms with van der Waals surface area (Å²) in [6.45, 7) is 6.04. The zero-order valence-electron chi connectivity index (χ0n) is 9.47. The van der Waals surface area contributed by atoms with Crippen LogP contribution in [-0.2, 0) is 11.2 Å². The molecule has 1 rings (SSSR count). The van der Waals surface area contributed by atoms with Crippen molar-refractivity contribution in [1.29, 1.82) is 0 Å². The van der Waals surface area contributed by atoms with Crippen LogP contribution < -0.4 is 0 Å². The Morgan fingerprint density at radius 3 is 2.93 bits per heavy atom. The Kier molecular flexibility index (Phi) is 4.21. The summed E-state index contributed by atoms with van der Waals surface area (Å²) in [5.41, 5.74) is 0. The van der Waals surface area contributed by atoms with E-state index in [1.807, 2.05) is 26.8 Å². The minimum Gasteiger partial charge on any atom is -0.294 e. The molecule has 0 aliphatic rings. The normalized spacial score (nSPS) is 11.5. The molecule has 0 amide bonds. The molecule has 1 aromatic rings. The highest BCUT2D eigenvalue weighted by atomic mass is 16.1. The molecule has 0 radical (unpaired) electrons. The Morgan fingerprint density at radius 2 is 2.33 bits per heavy atom. The van der Waals surface area contributed by atoms with Gasteiger partial charge in [-0.3, -0.25) is 4.79 Å². The first-order chi connectivity index (χ1) is 7.15. The minimum absolute atomic E-state index is 0.0757. The second-order valence-electron chi connectivity index (χ2n) is 3.67. The van der Waals surface area contributed by atoms with E-state index in [4.69, 9.17) is 0 Å². The monoisotopic (exact) mass is 207 g/mol. The second kappa shape index (κ2) is 5.44. The first-order valence-corrected chi connectivity index (χ1v) is 5.23. The maximum absolute atomic E-state index is 11.5. The molecule has 0 atom stereocenters. The minimum atomic E-state index is 0.0757. The molecule has 0 spiro atoms. The average molecular weight is 207 g/mol. The molecule has 0 unspecified atom stereocenters. The lowest BCUT2D eigenvalue weighted by Crippen LogP contribution is -2.11. The number of ketones is 1. The molecule has 1 aromatic heterocycles. The van der Waals surface area contributed by atoms with Crippen molar-refractivity contribution in [3.63, 3.8) is 0 Å². The molecule has 0 saturated heterocycles. The maximum Gasteiger partial charge on any atom is 0.162 e. The van der Waals surface area contributed by atoms with Gasteiger partial charge in [0.1, 0.15) is 12.2 Å². The zero-order chi connectivity index (χ0) is 11.3. The van der Waals surface area contributed by atoms with E-state index in [0.717, 1.165) is 12.2 Å². The van der Waals surface area contributed by atoms with Crippen LogP contribution in [0.1, 0.15) is 39.1 Å². The first-order valence-electron chi connectivity index (χ1n) is 5.23. The van der Waals surface area contributed by atoms with Crippen molar-refractivity contribution in [3.8, 4) is 0 Å². The number of allylic oxidation sites excluding steroid dienone is 2. The number of nitrogens with zero attached hydrogens (tertiary/aromatic N) is 3. The van der Waals surface area contributed by atoms with Crippen LogP contribution in [0.4, 0.5) is 0 Å². The fourth-order valence-corrected chi connectivity index (χ4v) is 1.30. The van der Waals surface area contributed by atoms with Crippen LogP contribution >= 0.6 is 0 Å². The number of aromatic nitrogens is 3. The van der Waals surface area contributed by atoms with Crippen molar-refractivity contribution in [2.24, 2.45) is 0 Å². The third-order valence-electron chi connectivity index (χ3n) is 2.01. The molecule has 0 fully saturated rings. The molecule has 15 heavy (non-hydrogen) atoms. The molecule has 1 heterocycles. The number of hydrogen-bond acceptors (Lipinski definition) is 3. The topological polar surface area (TPSA) is 47.8 Å². The van der Waals surface area contributed by atoms with Crippen molar-refractivity contribution in [2.75, 3.05) is 0 Å². The summed E-state index contributed by atoms with van der Waals surface area (Å²) >= 11 is 0. The Hall–Kier alpha value is -1.45. The van der Waals surface area contributed by atoms with E-state index in [0.29, 0.717) is 6.42 Å². The predicted octanol–water partition coefficient (Wildman–Crippen LogP) is 1.94. The van der Waals surface area contributed by atoms with Crippen LogP contribution in [0, 0.1) is 0 Å². The van der Waals surface area contributed by atoms with Gasteiger partial charge in [-0.2, -0.15) is 5.10 Å². The fraction of sp³-hybridized carbons (Fsp3) is 0.545. The predicted molar refractivity (Wildman–Crippen MR) is 58.5 cm³/mol. The van der Waals surface area contributed by atoms with Crippen LogP contribution in [0.15, 0.2) is 18.5 Å². The van der Waals surface area contributed by atoms with Crippen molar-refractivity contribution in [2.45, 2.75) is 39.7 Å². The quantitative estimate of drug-likeness (QED) is 0.693. The number of hydrogen-bond donors (Lipinski definition) is 0. The molecule has 82 valence electrons. The number of carbonyl (C=O) groups excluding carboxylic acids is 1. The largest absolute Gasteiger partial charge is 0.294 e. The highest BCUT2D eigenvalue weighted by Gasteiger charge is 2.09. The Labute approximate surface area is 90.0 Å². The van der Waals surface area contributed by atoms with Gasteiger partial charge in [-0.15, -0.1) is 0 Å². The number of carbonyl (C=O) groups is 1. The van der Waals surface area contributed by atoms with E-state index in [1.54, 1.807) is 10.8 Å².